The van der Waals surface area contributed by atoms with E-state index >= 15 is 0 Å². The zero-order valence-corrected chi connectivity index (χ0v) is 20.5. The lowest BCUT2D eigenvalue weighted by atomic mass is 9.82. The summed E-state index contributed by atoms with van der Waals surface area (Å²) in [5.74, 6) is 3.36. The summed E-state index contributed by atoms with van der Waals surface area (Å²) in [4.78, 5) is 5.06. The molecular formula is C31H40N2. The molecule has 0 N–H and O–H groups in total. The first-order chi connectivity index (χ1) is 16.2. The summed E-state index contributed by atoms with van der Waals surface area (Å²) in [7, 11) is 0. The van der Waals surface area contributed by atoms with E-state index in [0.29, 0.717) is 0 Å². The lowest BCUT2D eigenvalue weighted by Crippen LogP contribution is -2.46. The van der Waals surface area contributed by atoms with Crippen LogP contribution in [0.4, 0.5) is 11.4 Å². The summed E-state index contributed by atoms with van der Waals surface area (Å²) in [5, 5.41) is 0. The zero-order valence-electron chi connectivity index (χ0n) is 20.5. The Labute approximate surface area is 201 Å². The smallest absolute Gasteiger partial charge is 0.0367 e. The highest BCUT2D eigenvalue weighted by molar-refractivity contribution is 5.52. The van der Waals surface area contributed by atoms with Gasteiger partial charge in [-0.1, -0.05) is 61.1 Å². The predicted octanol–water partition coefficient (Wildman–Crippen LogP) is 7.05. The number of allylic oxidation sites excluding steroid dienone is 4. The summed E-state index contributed by atoms with van der Waals surface area (Å²) in [5.41, 5.74) is 5.58. The molecule has 2 heteroatoms. The van der Waals surface area contributed by atoms with E-state index in [-0.39, 0.29) is 0 Å². The molecule has 2 nitrogen and oxygen atoms in total. The molecular weight excluding hydrogens is 400 g/mol. The summed E-state index contributed by atoms with van der Waals surface area (Å²) in [6.07, 6.45) is 16.0. The number of hydrogen-bond acceptors (Lipinski definition) is 2. The second-order valence-corrected chi connectivity index (χ2v) is 10.7. The van der Waals surface area contributed by atoms with Crippen LogP contribution in [0.2, 0.25) is 0 Å². The molecule has 1 saturated heterocycles. The van der Waals surface area contributed by atoms with E-state index in [1.165, 1.54) is 54.6 Å². The van der Waals surface area contributed by atoms with E-state index in [4.69, 9.17) is 0 Å². The van der Waals surface area contributed by atoms with Crippen LogP contribution in [0.15, 0.2) is 72.8 Å². The van der Waals surface area contributed by atoms with Gasteiger partial charge in [-0.25, -0.2) is 0 Å². The van der Waals surface area contributed by atoms with Crippen molar-refractivity contribution in [1.29, 1.82) is 0 Å². The van der Waals surface area contributed by atoms with Crippen molar-refractivity contribution in [2.24, 2.45) is 23.7 Å². The van der Waals surface area contributed by atoms with Crippen molar-refractivity contribution in [3.05, 3.63) is 84.0 Å². The average molecular weight is 441 g/mol. The van der Waals surface area contributed by atoms with Crippen molar-refractivity contribution in [2.45, 2.75) is 46.0 Å². The molecule has 0 aromatic heterocycles. The van der Waals surface area contributed by atoms with Crippen molar-refractivity contribution in [3.8, 4) is 0 Å². The van der Waals surface area contributed by atoms with Gasteiger partial charge in [0, 0.05) is 37.6 Å². The van der Waals surface area contributed by atoms with Crippen LogP contribution in [0.5, 0.6) is 0 Å². The summed E-state index contributed by atoms with van der Waals surface area (Å²) < 4.78 is 0. The highest BCUT2D eigenvalue weighted by Gasteiger charge is 2.32. The molecule has 0 spiro atoms. The Kier molecular flexibility index (Phi) is 6.90. The van der Waals surface area contributed by atoms with Crippen molar-refractivity contribution in [3.63, 3.8) is 0 Å². The fraction of sp³-hybridized carbons (Fsp3) is 0.484. The SMILES string of the molecule is Cc1ccc(N2CCN(c3ccc(CC(C)[C@@H]4CCC(C5C=CC=CC5)C4)cc3)CC2)cc1. The molecule has 2 aromatic carbocycles. The minimum absolute atomic E-state index is 0.780. The molecule has 0 bridgehead atoms. The van der Waals surface area contributed by atoms with Crippen LogP contribution in [0, 0.1) is 30.6 Å². The van der Waals surface area contributed by atoms with E-state index < -0.39 is 0 Å². The van der Waals surface area contributed by atoms with Crippen LogP contribution < -0.4 is 9.80 Å². The van der Waals surface area contributed by atoms with Crippen LogP contribution in [0.1, 0.15) is 43.7 Å². The number of rotatable bonds is 6. The second-order valence-electron chi connectivity index (χ2n) is 10.7. The lowest BCUT2D eigenvalue weighted by molar-refractivity contribution is 0.327. The number of aryl methyl sites for hydroxylation is 1. The maximum atomic E-state index is 2.55. The van der Waals surface area contributed by atoms with Gasteiger partial charge in [0.05, 0.1) is 0 Å². The second kappa shape index (κ2) is 10.2. The van der Waals surface area contributed by atoms with Gasteiger partial charge in [0.2, 0.25) is 0 Å². The Morgan fingerprint density at radius 1 is 0.818 bits per heavy atom. The minimum atomic E-state index is 0.780. The number of nitrogens with zero attached hydrogens (tertiary/aromatic N) is 2. The zero-order chi connectivity index (χ0) is 22.6. The molecule has 3 unspecified atom stereocenters. The van der Waals surface area contributed by atoms with Crippen LogP contribution >= 0.6 is 0 Å². The van der Waals surface area contributed by atoms with Gasteiger partial charge in [0.15, 0.2) is 0 Å². The summed E-state index contributed by atoms with van der Waals surface area (Å²) >= 11 is 0. The molecule has 2 fully saturated rings. The van der Waals surface area contributed by atoms with Gasteiger partial charge in [-0.05, 0) is 92.5 Å². The molecule has 0 radical (unpaired) electrons. The van der Waals surface area contributed by atoms with Crippen LogP contribution in [0.3, 0.4) is 0 Å². The third-order valence-corrected chi connectivity index (χ3v) is 8.48. The van der Waals surface area contributed by atoms with Crippen LogP contribution in [-0.4, -0.2) is 26.2 Å². The maximum absolute atomic E-state index is 2.55. The van der Waals surface area contributed by atoms with Gasteiger partial charge >= 0.3 is 0 Å². The fourth-order valence-corrected chi connectivity index (χ4v) is 6.27. The van der Waals surface area contributed by atoms with Crippen molar-refractivity contribution in [1.82, 2.24) is 0 Å². The van der Waals surface area contributed by atoms with Gasteiger partial charge in [0.25, 0.3) is 0 Å². The topological polar surface area (TPSA) is 6.48 Å². The molecule has 174 valence electrons. The first-order valence-electron chi connectivity index (χ1n) is 13.1. The van der Waals surface area contributed by atoms with Crippen molar-refractivity contribution >= 4 is 11.4 Å². The quantitative estimate of drug-likeness (QED) is 0.475. The third kappa shape index (κ3) is 5.37. The molecule has 1 aliphatic heterocycles. The van der Waals surface area contributed by atoms with Gasteiger partial charge in [-0.15, -0.1) is 0 Å². The molecule has 2 aliphatic carbocycles. The Hall–Kier alpha value is -2.48. The van der Waals surface area contributed by atoms with Crippen LogP contribution in [0.25, 0.3) is 0 Å². The average Bonchev–Trinajstić information content (AvgIpc) is 3.37. The third-order valence-electron chi connectivity index (χ3n) is 8.48. The highest BCUT2D eigenvalue weighted by atomic mass is 15.3. The Morgan fingerprint density at radius 3 is 2.06 bits per heavy atom. The molecule has 4 atom stereocenters. The van der Waals surface area contributed by atoms with E-state index in [0.717, 1.165) is 49.9 Å². The predicted molar refractivity (Wildman–Crippen MR) is 142 cm³/mol. The fourth-order valence-electron chi connectivity index (χ4n) is 6.27. The first kappa shape index (κ1) is 22.3. The van der Waals surface area contributed by atoms with E-state index in [2.05, 4.69) is 96.5 Å². The Balaban J connectivity index is 1.11. The number of benzene rings is 2. The largest absolute Gasteiger partial charge is 0.368 e. The summed E-state index contributed by atoms with van der Waals surface area (Å²) in [6.45, 7) is 9.02. The molecule has 3 aliphatic rings. The number of anilines is 2. The highest BCUT2D eigenvalue weighted by Crippen LogP contribution is 2.42. The van der Waals surface area contributed by atoms with Crippen LogP contribution in [-0.2, 0) is 6.42 Å². The summed E-state index contributed by atoms with van der Waals surface area (Å²) in [6, 6.07) is 18.5. The minimum Gasteiger partial charge on any atom is -0.368 e. The van der Waals surface area contributed by atoms with Gasteiger partial charge in [-0.2, -0.15) is 0 Å². The van der Waals surface area contributed by atoms with Gasteiger partial charge < -0.3 is 9.80 Å². The van der Waals surface area contributed by atoms with E-state index in [1.54, 1.807) is 0 Å². The molecule has 1 heterocycles. The molecule has 33 heavy (non-hydrogen) atoms. The Morgan fingerprint density at radius 2 is 1.45 bits per heavy atom. The molecule has 2 aromatic rings. The molecule has 0 amide bonds. The maximum Gasteiger partial charge on any atom is 0.0367 e. The number of hydrogen-bond donors (Lipinski definition) is 0. The standard InChI is InChI=1S/C31H40N2/c1-24-8-14-30(15-9-24)32-18-20-33(21-19-32)31-16-10-26(11-17-31)22-25(2)28-12-13-29(23-28)27-6-4-3-5-7-27/h3-6,8-11,14-17,25,27-29H,7,12-13,18-23H2,1-2H3/t25?,27?,28-,29?/m1/s1. The molecule has 5 rings (SSSR count). The van der Waals surface area contributed by atoms with Crippen molar-refractivity contribution in [2.75, 3.05) is 36.0 Å². The lowest BCUT2D eigenvalue weighted by Gasteiger charge is -2.37. The Bertz CT molecular complexity index is 947. The van der Waals surface area contributed by atoms with Gasteiger partial charge in [0.1, 0.15) is 0 Å². The first-order valence-corrected chi connectivity index (χ1v) is 13.1. The normalized spacial score (nSPS) is 26.1. The number of piperazine rings is 1. The van der Waals surface area contributed by atoms with Crippen molar-refractivity contribution < 1.29 is 0 Å². The molecule has 1 saturated carbocycles. The monoisotopic (exact) mass is 440 g/mol. The van der Waals surface area contributed by atoms with Gasteiger partial charge in [-0.3, -0.25) is 0 Å². The van der Waals surface area contributed by atoms with E-state index in [1.807, 2.05) is 0 Å². The van der Waals surface area contributed by atoms with E-state index in [9.17, 15) is 0 Å².